The number of hydrogen-bond acceptors (Lipinski definition) is 14. The molecule has 2 aliphatic rings. The number of hydrogen-bond donors (Lipinski definition) is 0. The van der Waals surface area contributed by atoms with Crippen LogP contribution in [0, 0.1) is 11.3 Å². The fourth-order valence-corrected chi connectivity index (χ4v) is 93.0. The van der Waals surface area contributed by atoms with Crippen molar-refractivity contribution in [1.29, 1.82) is 5.26 Å². The molecule has 0 aromatic rings. The first-order chi connectivity index (χ1) is 41.5. The van der Waals surface area contributed by atoms with E-state index in [2.05, 4.69) is 286 Å². The van der Waals surface area contributed by atoms with Crippen molar-refractivity contribution in [2.75, 3.05) is 12.5 Å². The van der Waals surface area contributed by atoms with E-state index in [9.17, 15) is 16.8 Å². The van der Waals surface area contributed by atoms with Gasteiger partial charge in [-0.3, -0.25) is 0 Å². The molecule has 2 rings (SSSR count). The number of nitrogens with zero attached hydrogens (tertiary/aromatic N) is 1. The summed E-state index contributed by atoms with van der Waals surface area (Å²) in [6, 6.07) is 3.44. The second-order valence-corrected chi connectivity index (χ2v) is 116. The maximum absolute atomic E-state index is 10.2. The van der Waals surface area contributed by atoms with Gasteiger partial charge in [0.1, 0.15) is 11.0 Å². The normalized spacial score (nSPS) is 18.6. The van der Waals surface area contributed by atoms with E-state index in [4.69, 9.17) is 42.3 Å². The Morgan fingerprint density at radius 2 is 0.729 bits per heavy atom. The van der Waals surface area contributed by atoms with Crippen molar-refractivity contribution in [1.82, 2.24) is 0 Å². The summed E-state index contributed by atoms with van der Waals surface area (Å²) in [6.45, 7) is 116. The highest BCUT2D eigenvalue weighted by molar-refractivity contribution is 7.94. The number of nitriles is 1. The number of allylic oxidation sites excluding steroid dienone is 3. The molecule has 0 bridgehead atoms. The molecule has 0 radical (unpaired) electrons. The minimum absolute atomic E-state index is 0.391. The van der Waals surface area contributed by atoms with E-state index in [0.717, 1.165) is 24.0 Å². The summed E-state index contributed by atoms with van der Waals surface area (Å²) in [5, 5.41) is 8.85. The van der Waals surface area contributed by atoms with Gasteiger partial charge in [-0.05, 0) is 130 Å². The Balaban J connectivity index is -0.000000191. The molecule has 0 N–H and O–H groups in total. The highest BCUT2D eigenvalue weighted by Crippen LogP contribution is 2.34. The Morgan fingerprint density at radius 3 is 0.865 bits per heavy atom. The molecule has 2 saturated heterocycles. The van der Waals surface area contributed by atoms with Gasteiger partial charge >= 0.3 is 68.5 Å². The Bertz CT molecular complexity index is 2590. The molecule has 0 aromatic heterocycles. The molecule has 0 atom stereocenters. The van der Waals surface area contributed by atoms with Crippen molar-refractivity contribution in [3.63, 3.8) is 0 Å². The molecule has 0 spiro atoms. The lowest BCUT2D eigenvalue weighted by atomic mass is 10.7. The number of rotatable bonds is 19. The van der Waals surface area contributed by atoms with E-state index in [1.165, 1.54) is 29.1 Å². The van der Waals surface area contributed by atoms with Gasteiger partial charge in [0.15, 0.2) is 36.3 Å². The maximum Gasteiger partial charge on any atom is 0.343 e. The standard InChI is InChI=1S/C11H28Si3.C10H26O4Si4.C9H24O4Si4.C8H20Si2.C7H18OSi2.C6H14Si.C5H12Si.C4H5NO2S.C3H6O2S/c1-9-14(8,10-12(2,3)4)11-13(5,6)7;1-9-10-18(8)13-16(4,5)11-15(2,3)12-17(6,7)14-18;1-9-17(8)12-15(4,5)10-14(2,3)11-16(6,7)13-17;2*1-7-10(5,6)8-9(2,3)4;1-5-6-7(2,3)4;1-5-6(2,3)4;1-4(3-5)8(2,6)7;1-3-6(2,4)5/h9H,1,10-11H2,2-8H3;9H,1,10H2,2-8H3;9H,1H2,2-8H3;7H,1,8H2,2-6H3;7H,1H2,2-6H3;5H,1,6H2,2-4H3;5H,1H2,2-4H3;1H2,2H3;3H,1H2,2H3. The largest absolute Gasteiger partial charge is 0.453 e. The van der Waals surface area contributed by atoms with E-state index < -0.39 is 166 Å². The van der Waals surface area contributed by atoms with Crippen molar-refractivity contribution in [2.45, 2.75) is 271 Å². The van der Waals surface area contributed by atoms with E-state index in [1.54, 1.807) is 0 Å². The molecule has 0 amide bonds. The van der Waals surface area contributed by atoms with Crippen LogP contribution in [-0.4, -0.2) is 171 Å². The van der Waals surface area contributed by atoms with Gasteiger partial charge in [-0.15, -0.1) is 63.2 Å². The van der Waals surface area contributed by atoms with Crippen LogP contribution in [0.15, 0.2) is 110 Å². The van der Waals surface area contributed by atoms with Gasteiger partial charge in [0.05, 0.1) is 24.2 Å². The zero-order valence-corrected chi connectivity index (χ0v) is 88.2. The van der Waals surface area contributed by atoms with Crippen molar-refractivity contribution in [3.8, 4) is 6.07 Å². The molecule has 2 aliphatic heterocycles. The van der Waals surface area contributed by atoms with E-state index in [-0.39, 0.29) is 0 Å². The van der Waals surface area contributed by atoms with Crippen LogP contribution in [0.3, 0.4) is 0 Å². The quantitative estimate of drug-likeness (QED) is 0.0678. The topological polar surface area (TPSA) is 175 Å². The summed E-state index contributed by atoms with van der Waals surface area (Å²) in [4.78, 5) is -0.391. The van der Waals surface area contributed by atoms with Gasteiger partial charge in [0, 0.05) is 56.3 Å². The Morgan fingerprint density at radius 1 is 0.438 bits per heavy atom. The van der Waals surface area contributed by atoms with Crippen molar-refractivity contribution >= 4 is 161 Å². The molecular weight excluding hydrogens is 1520 g/mol. The van der Waals surface area contributed by atoms with Crippen LogP contribution in [0.25, 0.3) is 0 Å². The third-order valence-corrected chi connectivity index (χ3v) is 78.7. The van der Waals surface area contributed by atoms with Crippen LogP contribution in [-0.2, 0) is 56.7 Å². The first kappa shape index (κ1) is 110. The summed E-state index contributed by atoms with van der Waals surface area (Å²) in [7, 11) is -33.1. The molecule has 0 unspecified atom stereocenters. The Hall–Kier alpha value is 0.377. The molecular formula is C63H153NO13S2Si17. The van der Waals surface area contributed by atoms with Crippen LogP contribution in [0.4, 0.5) is 0 Å². The smallest absolute Gasteiger partial charge is 0.343 e. The lowest BCUT2D eigenvalue weighted by Crippen LogP contribution is -2.64. The predicted octanol–water partition coefficient (Wildman–Crippen LogP) is 21.8. The van der Waals surface area contributed by atoms with Crippen LogP contribution in [0.2, 0.25) is 271 Å². The predicted molar refractivity (Wildman–Crippen MR) is 475 cm³/mol. The zero-order chi connectivity index (χ0) is 79.3. The fourth-order valence-electron chi connectivity index (χ4n) is 10.4. The van der Waals surface area contributed by atoms with E-state index in [1.807, 2.05) is 56.3 Å². The van der Waals surface area contributed by atoms with Crippen molar-refractivity contribution in [2.24, 2.45) is 0 Å². The second-order valence-electron chi connectivity index (χ2n) is 36.3. The van der Waals surface area contributed by atoms with Crippen LogP contribution in [0.5, 0.6) is 0 Å². The van der Waals surface area contributed by atoms with Gasteiger partial charge < -0.3 is 37.0 Å². The maximum atomic E-state index is 10.2. The average molecular weight is 1670 g/mol. The summed E-state index contributed by atoms with van der Waals surface area (Å²) in [5.74, 6) is 0. The van der Waals surface area contributed by atoms with Crippen LogP contribution in [0.1, 0.15) is 0 Å². The molecule has 0 saturated carbocycles. The van der Waals surface area contributed by atoms with Gasteiger partial charge in [0.2, 0.25) is 0 Å². The monoisotopic (exact) mass is 1670 g/mol. The summed E-state index contributed by atoms with van der Waals surface area (Å²) < 4.78 is 96.0. The van der Waals surface area contributed by atoms with Gasteiger partial charge in [-0.25, -0.2) is 16.8 Å². The minimum atomic E-state index is -3.31. The SMILES string of the molecule is C=C(C#N)S(C)(=O)=O.C=CC[Si](C)(C)C.C=CC[Si]1(C)O[Si](C)(C)O[Si](C)(C)O[Si](C)(C)O1.C=CS(C)(=O)=O.C=C[Si](C)(C)C.C=C[Si](C)(C)C[Si](C)(C)C.C=C[Si](C)(C)O[Si](C)(C)C.C=C[Si](C)(C[Si](C)(C)C)C[Si](C)(C)C.C=C[Si]1(C)O[Si](C)(C)O[Si](C)(C)O[Si](C)(C)O1. The molecule has 2 heterocycles. The first-order valence-corrected chi connectivity index (χ1v) is 90.0. The van der Waals surface area contributed by atoms with Crippen LogP contribution < -0.4 is 0 Å². The molecule has 2 fully saturated rings. The third-order valence-electron chi connectivity index (χ3n) is 11.9. The Labute approximate surface area is 615 Å². The second kappa shape index (κ2) is 43.1. The summed E-state index contributed by atoms with van der Waals surface area (Å²) in [5.41, 5.74) is 15.0. The van der Waals surface area contributed by atoms with E-state index >= 15 is 0 Å². The van der Waals surface area contributed by atoms with E-state index in [0.29, 0.717) is 0 Å². The Kier molecular flexibility index (Phi) is 49.3. The van der Waals surface area contributed by atoms with Gasteiger partial charge in [0.25, 0.3) is 0 Å². The molecule has 0 aromatic carbocycles. The van der Waals surface area contributed by atoms with Crippen LogP contribution >= 0.6 is 0 Å². The lowest BCUT2D eigenvalue weighted by molar-refractivity contribution is 0.235. The van der Waals surface area contributed by atoms with Gasteiger partial charge in [-0.1, -0.05) is 172 Å². The van der Waals surface area contributed by atoms with Gasteiger partial charge in [-0.2, -0.15) is 5.26 Å². The average Bonchev–Trinajstić information content (AvgIpc) is 0.794. The zero-order valence-electron chi connectivity index (χ0n) is 69.6. The molecule has 0 aliphatic carbocycles. The highest BCUT2D eigenvalue weighted by Gasteiger charge is 2.53. The lowest BCUT2D eigenvalue weighted by Gasteiger charge is -2.47. The molecule has 33 heteroatoms. The minimum Gasteiger partial charge on any atom is -0.453 e. The molecule has 96 heavy (non-hydrogen) atoms. The molecule has 568 valence electrons. The molecule has 14 nitrogen and oxygen atoms in total. The fraction of sp³-hybridized carbons (Fsp3) is 0.698. The third kappa shape index (κ3) is 72.7. The summed E-state index contributed by atoms with van der Waals surface area (Å²) >= 11 is 0. The number of sulfone groups is 2. The highest BCUT2D eigenvalue weighted by atomic mass is 32.2. The first-order valence-electron chi connectivity index (χ1n) is 33.3. The van der Waals surface area contributed by atoms with Crippen molar-refractivity contribution in [3.05, 3.63) is 110 Å². The summed E-state index contributed by atoms with van der Waals surface area (Å²) in [6.07, 6.45) is 5.94. The van der Waals surface area contributed by atoms with Crippen molar-refractivity contribution < 1.29 is 53.9 Å².